The Hall–Kier alpha value is -2.36. The summed E-state index contributed by atoms with van der Waals surface area (Å²) in [5, 5.41) is 8.86. The summed E-state index contributed by atoms with van der Waals surface area (Å²) >= 11 is 0. The van der Waals surface area contributed by atoms with Crippen molar-refractivity contribution >= 4 is 11.7 Å². The van der Waals surface area contributed by atoms with E-state index in [0.29, 0.717) is 6.54 Å². The van der Waals surface area contributed by atoms with Crippen LogP contribution in [0.5, 0.6) is 0 Å². The maximum atomic E-state index is 10.8. The highest BCUT2D eigenvalue weighted by Gasteiger charge is 2.07. The van der Waals surface area contributed by atoms with E-state index in [1.54, 1.807) is 12.1 Å². The second-order valence-electron chi connectivity index (χ2n) is 4.69. The van der Waals surface area contributed by atoms with Crippen LogP contribution in [0, 0.1) is 6.92 Å². The average Bonchev–Trinajstić information content (AvgIpc) is 2.46. The molecule has 0 aliphatic heterocycles. The molecule has 0 aliphatic carbocycles. The van der Waals surface area contributed by atoms with Gasteiger partial charge in [0.2, 0.25) is 0 Å². The minimum atomic E-state index is -0.949. The molecule has 0 radical (unpaired) electrons. The summed E-state index contributed by atoms with van der Waals surface area (Å²) < 4.78 is 0. The normalized spacial score (nSPS) is 10.3. The van der Waals surface area contributed by atoms with Crippen molar-refractivity contribution in [1.29, 1.82) is 0 Å². The van der Waals surface area contributed by atoms with Gasteiger partial charge in [0.25, 0.3) is 0 Å². The Morgan fingerprint density at radius 1 is 1.20 bits per heavy atom. The second kappa shape index (κ2) is 6.19. The Morgan fingerprint density at radius 2 is 1.90 bits per heavy atom. The molecule has 20 heavy (non-hydrogen) atoms. The molecule has 0 spiro atoms. The highest BCUT2D eigenvalue weighted by Crippen LogP contribution is 2.17. The van der Waals surface area contributed by atoms with E-state index in [2.05, 4.69) is 48.0 Å². The molecule has 2 rings (SSSR count). The third-order valence-corrected chi connectivity index (χ3v) is 3.21. The van der Waals surface area contributed by atoms with Crippen LogP contribution in [-0.4, -0.2) is 22.6 Å². The van der Waals surface area contributed by atoms with Gasteiger partial charge in [-0.15, -0.1) is 0 Å². The number of hydrogen-bond donors (Lipinski definition) is 1. The van der Waals surface area contributed by atoms with Crippen molar-refractivity contribution in [3.05, 3.63) is 59.4 Å². The van der Waals surface area contributed by atoms with Crippen LogP contribution in [0.4, 0.5) is 5.69 Å². The maximum Gasteiger partial charge on any atom is 0.337 e. The van der Waals surface area contributed by atoms with Crippen LogP contribution >= 0.6 is 0 Å². The van der Waals surface area contributed by atoms with Crippen molar-refractivity contribution in [3.63, 3.8) is 0 Å². The Kier molecular flexibility index (Phi) is 4.35. The first-order chi connectivity index (χ1) is 9.60. The zero-order valence-electron chi connectivity index (χ0n) is 11.7. The number of pyridine rings is 1. The van der Waals surface area contributed by atoms with Gasteiger partial charge >= 0.3 is 5.97 Å². The monoisotopic (exact) mass is 270 g/mol. The van der Waals surface area contributed by atoms with Crippen LogP contribution in [0.15, 0.2) is 42.6 Å². The molecule has 0 unspecified atom stereocenters. The Morgan fingerprint density at radius 3 is 2.40 bits per heavy atom. The number of benzene rings is 1. The summed E-state index contributed by atoms with van der Waals surface area (Å²) in [5.41, 5.74) is 3.44. The summed E-state index contributed by atoms with van der Waals surface area (Å²) in [6.07, 6.45) is 1.40. The summed E-state index contributed by atoms with van der Waals surface area (Å²) in [7, 11) is 0. The zero-order chi connectivity index (χ0) is 14.5. The van der Waals surface area contributed by atoms with Crippen LogP contribution in [0.25, 0.3) is 0 Å². The molecule has 1 heterocycles. The fourth-order valence-electron chi connectivity index (χ4n) is 1.98. The summed E-state index contributed by atoms with van der Waals surface area (Å²) in [6, 6.07) is 11.7. The van der Waals surface area contributed by atoms with E-state index >= 15 is 0 Å². The smallest absolute Gasteiger partial charge is 0.337 e. The molecule has 0 atom stereocenters. The summed E-state index contributed by atoms with van der Waals surface area (Å²) in [6.45, 7) is 5.68. The number of aromatic nitrogens is 1. The SMILES string of the molecule is CCN(Cc1ccc(C(=O)O)cn1)c1ccc(C)cc1. The van der Waals surface area contributed by atoms with E-state index in [0.717, 1.165) is 17.9 Å². The molecule has 0 aliphatic rings. The lowest BCUT2D eigenvalue weighted by atomic mass is 10.2. The average molecular weight is 270 g/mol. The summed E-state index contributed by atoms with van der Waals surface area (Å²) in [5.74, 6) is -0.949. The molecule has 4 heteroatoms. The molecule has 0 saturated carbocycles. The molecule has 0 amide bonds. The predicted octanol–water partition coefficient (Wildman–Crippen LogP) is 3.11. The maximum absolute atomic E-state index is 10.8. The molecule has 104 valence electrons. The number of carboxylic acids is 1. The van der Waals surface area contributed by atoms with E-state index in [1.165, 1.54) is 11.8 Å². The molecule has 1 aromatic heterocycles. The van der Waals surface area contributed by atoms with Crippen molar-refractivity contribution < 1.29 is 9.90 Å². The van der Waals surface area contributed by atoms with Gasteiger partial charge in [0.15, 0.2) is 0 Å². The molecule has 0 bridgehead atoms. The molecule has 0 saturated heterocycles. The third kappa shape index (κ3) is 3.35. The van der Waals surface area contributed by atoms with E-state index in [1.807, 2.05) is 0 Å². The molecular formula is C16H18N2O2. The van der Waals surface area contributed by atoms with Gasteiger partial charge < -0.3 is 10.0 Å². The highest BCUT2D eigenvalue weighted by molar-refractivity contribution is 5.87. The molecule has 4 nitrogen and oxygen atoms in total. The molecule has 1 aromatic carbocycles. The van der Waals surface area contributed by atoms with Gasteiger partial charge in [-0.2, -0.15) is 0 Å². The van der Waals surface area contributed by atoms with Crippen LogP contribution < -0.4 is 4.90 Å². The van der Waals surface area contributed by atoms with E-state index in [4.69, 9.17) is 5.11 Å². The van der Waals surface area contributed by atoms with E-state index in [9.17, 15) is 4.79 Å². The molecular weight excluding hydrogens is 252 g/mol. The first-order valence-electron chi connectivity index (χ1n) is 6.60. The topological polar surface area (TPSA) is 53.4 Å². The predicted molar refractivity (Wildman–Crippen MR) is 79.1 cm³/mol. The van der Waals surface area contributed by atoms with E-state index < -0.39 is 5.97 Å². The third-order valence-electron chi connectivity index (χ3n) is 3.21. The Labute approximate surface area is 118 Å². The second-order valence-corrected chi connectivity index (χ2v) is 4.69. The van der Waals surface area contributed by atoms with Crippen LogP contribution in [0.1, 0.15) is 28.5 Å². The van der Waals surface area contributed by atoms with Gasteiger partial charge in [-0.3, -0.25) is 4.98 Å². The van der Waals surface area contributed by atoms with Gasteiger partial charge in [-0.25, -0.2) is 4.79 Å². The number of nitrogens with zero attached hydrogens (tertiary/aromatic N) is 2. The number of aromatic carboxylic acids is 1. The molecule has 2 aromatic rings. The standard InChI is InChI=1S/C16H18N2O2/c1-3-18(15-8-4-12(2)5-9-15)11-14-7-6-13(10-17-14)16(19)20/h4-10H,3,11H2,1-2H3,(H,19,20). The number of carbonyl (C=O) groups is 1. The van der Waals surface area contributed by atoms with Crippen molar-refractivity contribution in [2.45, 2.75) is 20.4 Å². The first kappa shape index (κ1) is 14.1. The number of aryl methyl sites for hydroxylation is 1. The van der Waals surface area contributed by atoms with Crippen molar-refractivity contribution in [3.8, 4) is 0 Å². The van der Waals surface area contributed by atoms with Crippen LogP contribution in [0.3, 0.4) is 0 Å². The Bertz CT molecular complexity index is 576. The fourth-order valence-corrected chi connectivity index (χ4v) is 1.98. The lowest BCUT2D eigenvalue weighted by Crippen LogP contribution is -2.22. The van der Waals surface area contributed by atoms with E-state index in [-0.39, 0.29) is 5.56 Å². The number of anilines is 1. The lowest BCUT2D eigenvalue weighted by Gasteiger charge is -2.22. The highest BCUT2D eigenvalue weighted by atomic mass is 16.4. The molecule has 0 fully saturated rings. The fraction of sp³-hybridized carbons (Fsp3) is 0.250. The number of carboxylic acid groups (broad SMARTS) is 1. The number of rotatable bonds is 5. The van der Waals surface area contributed by atoms with Gasteiger partial charge in [-0.1, -0.05) is 17.7 Å². The number of hydrogen-bond acceptors (Lipinski definition) is 3. The van der Waals surface area contributed by atoms with Crippen molar-refractivity contribution in [1.82, 2.24) is 4.98 Å². The van der Waals surface area contributed by atoms with Crippen molar-refractivity contribution in [2.75, 3.05) is 11.4 Å². The van der Waals surface area contributed by atoms with Crippen LogP contribution in [0.2, 0.25) is 0 Å². The quantitative estimate of drug-likeness (QED) is 0.907. The van der Waals surface area contributed by atoms with Crippen molar-refractivity contribution in [2.24, 2.45) is 0 Å². The Balaban J connectivity index is 2.13. The van der Waals surface area contributed by atoms with Crippen LogP contribution in [-0.2, 0) is 6.54 Å². The zero-order valence-corrected chi connectivity index (χ0v) is 11.7. The van der Waals surface area contributed by atoms with Gasteiger partial charge in [0.05, 0.1) is 17.8 Å². The summed E-state index contributed by atoms with van der Waals surface area (Å²) in [4.78, 5) is 17.2. The largest absolute Gasteiger partial charge is 0.478 e. The first-order valence-corrected chi connectivity index (χ1v) is 6.60. The van der Waals surface area contributed by atoms with Gasteiger partial charge in [0.1, 0.15) is 0 Å². The van der Waals surface area contributed by atoms with Gasteiger partial charge in [0, 0.05) is 18.4 Å². The molecule has 1 N–H and O–H groups in total. The lowest BCUT2D eigenvalue weighted by molar-refractivity contribution is 0.0696. The minimum Gasteiger partial charge on any atom is -0.478 e. The minimum absolute atomic E-state index is 0.215. The van der Waals surface area contributed by atoms with Gasteiger partial charge in [-0.05, 0) is 38.1 Å².